The van der Waals surface area contributed by atoms with Crippen LogP contribution in [0.1, 0.15) is 11.1 Å². The van der Waals surface area contributed by atoms with Crippen LogP contribution in [0.25, 0.3) is 17.0 Å². The average molecular weight is 347 g/mol. The third-order valence-electron chi connectivity index (χ3n) is 3.96. The summed E-state index contributed by atoms with van der Waals surface area (Å²) in [6, 6.07) is 13.9. The molecule has 0 atom stereocenters. The van der Waals surface area contributed by atoms with Crippen LogP contribution < -0.4 is 10.2 Å². The molecule has 0 spiro atoms. The van der Waals surface area contributed by atoms with E-state index >= 15 is 0 Å². The van der Waals surface area contributed by atoms with Gasteiger partial charge in [-0.2, -0.15) is 0 Å². The van der Waals surface area contributed by atoms with Crippen molar-refractivity contribution in [2.24, 2.45) is 4.99 Å². The fraction of sp³-hybridized carbons (Fsp3) is 0.0500. The Morgan fingerprint density at radius 2 is 1.81 bits per heavy atom. The largest absolute Gasteiger partial charge is 0.497 e. The Morgan fingerprint density at radius 1 is 1.04 bits per heavy atom. The van der Waals surface area contributed by atoms with E-state index in [1.54, 1.807) is 55.6 Å². The first-order valence-corrected chi connectivity index (χ1v) is 7.83. The van der Waals surface area contributed by atoms with Gasteiger partial charge in [-0.05, 0) is 42.5 Å². The standard InChI is InChI=1S/C20H13NO5/c1-24-14-8-6-12(7-9-14)19-21-16(20(23)26-19)10-13-11-25-17-5-3-2-4-15(17)18(13)22/h2-11H,1H3. The number of rotatable bonds is 3. The smallest absolute Gasteiger partial charge is 0.363 e. The second-order valence-electron chi connectivity index (χ2n) is 5.58. The molecule has 0 bridgehead atoms. The number of cyclic esters (lactones) is 1. The lowest BCUT2D eigenvalue weighted by atomic mass is 10.1. The number of hydrogen-bond donors (Lipinski definition) is 0. The topological polar surface area (TPSA) is 78.1 Å². The highest BCUT2D eigenvalue weighted by molar-refractivity contribution is 6.12. The van der Waals surface area contributed by atoms with Crippen LogP contribution in [0.5, 0.6) is 5.75 Å². The van der Waals surface area contributed by atoms with E-state index in [4.69, 9.17) is 13.9 Å². The number of ether oxygens (including phenoxy) is 2. The Kier molecular flexibility index (Phi) is 3.85. The first kappa shape index (κ1) is 15.8. The zero-order chi connectivity index (χ0) is 18.1. The average Bonchev–Trinajstić information content (AvgIpc) is 3.05. The van der Waals surface area contributed by atoms with Gasteiger partial charge in [0.2, 0.25) is 5.90 Å². The van der Waals surface area contributed by atoms with Crippen molar-refractivity contribution < 1.29 is 18.7 Å². The number of fused-ring (bicyclic) bond motifs is 1. The van der Waals surface area contributed by atoms with Crippen LogP contribution in [-0.4, -0.2) is 19.0 Å². The maximum atomic E-state index is 12.5. The SMILES string of the molecule is COc1ccc(C2=NC(=Cc3coc4ccccc4c3=O)C(=O)O2)cc1. The molecular weight excluding hydrogens is 334 g/mol. The molecule has 0 saturated heterocycles. The van der Waals surface area contributed by atoms with Crippen LogP contribution in [0.4, 0.5) is 0 Å². The molecule has 128 valence electrons. The van der Waals surface area contributed by atoms with E-state index in [1.165, 1.54) is 12.3 Å². The lowest BCUT2D eigenvalue weighted by Crippen LogP contribution is -2.07. The summed E-state index contributed by atoms with van der Waals surface area (Å²) in [6.45, 7) is 0. The van der Waals surface area contributed by atoms with Crippen molar-refractivity contribution in [3.8, 4) is 5.75 Å². The molecule has 3 aromatic rings. The van der Waals surface area contributed by atoms with Gasteiger partial charge in [-0.25, -0.2) is 9.79 Å². The minimum absolute atomic E-state index is 0.0402. The molecule has 6 heteroatoms. The maximum Gasteiger partial charge on any atom is 0.363 e. The molecule has 26 heavy (non-hydrogen) atoms. The van der Waals surface area contributed by atoms with E-state index in [-0.39, 0.29) is 22.6 Å². The summed E-state index contributed by atoms with van der Waals surface area (Å²) in [6.07, 6.45) is 2.68. The van der Waals surface area contributed by atoms with Gasteiger partial charge in [-0.1, -0.05) is 12.1 Å². The highest BCUT2D eigenvalue weighted by Gasteiger charge is 2.24. The van der Waals surface area contributed by atoms with E-state index < -0.39 is 5.97 Å². The van der Waals surface area contributed by atoms with Crippen molar-refractivity contribution in [2.45, 2.75) is 0 Å². The number of esters is 1. The van der Waals surface area contributed by atoms with E-state index in [0.29, 0.717) is 22.3 Å². The number of methoxy groups -OCH3 is 1. The molecule has 0 amide bonds. The Bertz CT molecular complexity index is 1120. The second-order valence-corrected chi connectivity index (χ2v) is 5.58. The van der Waals surface area contributed by atoms with Crippen LogP contribution in [0, 0.1) is 0 Å². The number of benzene rings is 2. The van der Waals surface area contributed by atoms with Crippen LogP contribution >= 0.6 is 0 Å². The minimum atomic E-state index is -0.622. The van der Waals surface area contributed by atoms with E-state index in [9.17, 15) is 9.59 Å². The summed E-state index contributed by atoms with van der Waals surface area (Å²) < 4.78 is 15.7. The number of hydrogen-bond acceptors (Lipinski definition) is 6. The van der Waals surface area contributed by atoms with Gasteiger partial charge in [0.15, 0.2) is 11.1 Å². The van der Waals surface area contributed by atoms with Gasteiger partial charge in [0.05, 0.1) is 18.1 Å². The van der Waals surface area contributed by atoms with Gasteiger partial charge in [0, 0.05) is 5.56 Å². The summed E-state index contributed by atoms with van der Waals surface area (Å²) in [7, 11) is 1.57. The van der Waals surface area contributed by atoms with Crippen LogP contribution in [0.2, 0.25) is 0 Å². The van der Waals surface area contributed by atoms with Crippen molar-refractivity contribution >= 4 is 28.9 Å². The minimum Gasteiger partial charge on any atom is -0.497 e. The highest BCUT2D eigenvalue weighted by atomic mass is 16.6. The number of aliphatic imine (C=N–C) groups is 1. The monoisotopic (exact) mass is 347 g/mol. The Morgan fingerprint density at radius 3 is 2.58 bits per heavy atom. The normalized spacial score (nSPS) is 15.2. The molecule has 2 aromatic carbocycles. The van der Waals surface area contributed by atoms with Gasteiger partial charge in [0.25, 0.3) is 0 Å². The maximum absolute atomic E-state index is 12.5. The molecule has 4 rings (SSSR count). The van der Waals surface area contributed by atoms with Gasteiger partial charge < -0.3 is 13.9 Å². The predicted molar refractivity (Wildman–Crippen MR) is 96.1 cm³/mol. The van der Waals surface area contributed by atoms with Gasteiger partial charge in [-0.3, -0.25) is 4.79 Å². The Balaban J connectivity index is 1.73. The second kappa shape index (κ2) is 6.33. The molecule has 0 radical (unpaired) electrons. The zero-order valence-corrected chi connectivity index (χ0v) is 13.8. The van der Waals surface area contributed by atoms with Crippen molar-refractivity contribution in [2.75, 3.05) is 7.11 Å². The molecule has 0 saturated carbocycles. The molecule has 1 aliphatic heterocycles. The van der Waals surface area contributed by atoms with Crippen LogP contribution in [0.15, 0.2) is 74.7 Å². The summed E-state index contributed by atoms with van der Waals surface area (Å²) in [5.74, 6) is 0.237. The fourth-order valence-corrected chi connectivity index (χ4v) is 2.61. The number of carbonyl (C=O) groups excluding carboxylic acids is 1. The molecule has 1 aromatic heterocycles. The molecule has 1 aliphatic rings. The van der Waals surface area contributed by atoms with Crippen LogP contribution in [0.3, 0.4) is 0 Å². The highest BCUT2D eigenvalue weighted by Crippen LogP contribution is 2.21. The van der Waals surface area contributed by atoms with Gasteiger partial charge >= 0.3 is 5.97 Å². The first-order chi connectivity index (χ1) is 12.7. The molecule has 0 fully saturated rings. The number of para-hydroxylation sites is 1. The third-order valence-corrected chi connectivity index (χ3v) is 3.96. The van der Waals surface area contributed by atoms with Crippen molar-refractivity contribution in [3.63, 3.8) is 0 Å². The summed E-state index contributed by atoms with van der Waals surface area (Å²) >= 11 is 0. The van der Waals surface area contributed by atoms with E-state index in [1.807, 2.05) is 0 Å². The van der Waals surface area contributed by atoms with E-state index in [2.05, 4.69) is 4.99 Å². The number of carbonyl (C=O) groups is 1. The third kappa shape index (κ3) is 2.77. The van der Waals surface area contributed by atoms with Gasteiger partial charge in [0.1, 0.15) is 17.6 Å². The molecule has 2 heterocycles. The van der Waals surface area contributed by atoms with E-state index in [0.717, 1.165) is 0 Å². The first-order valence-electron chi connectivity index (χ1n) is 7.83. The molecule has 6 nitrogen and oxygen atoms in total. The fourth-order valence-electron chi connectivity index (χ4n) is 2.61. The van der Waals surface area contributed by atoms with Crippen molar-refractivity contribution in [1.82, 2.24) is 0 Å². The van der Waals surface area contributed by atoms with Crippen molar-refractivity contribution in [3.05, 3.63) is 81.8 Å². The number of nitrogens with zero attached hydrogens (tertiary/aromatic N) is 1. The Hall–Kier alpha value is -3.67. The predicted octanol–water partition coefficient (Wildman–Crippen LogP) is 3.15. The summed E-state index contributed by atoms with van der Waals surface area (Å²) in [5.41, 5.74) is 1.15. The molecule has 0 unspecified atom stereocenters. The van der Waals surface area contributed by atoms with Crippen LogP contribution in [-0.2, 0) is 9.53 Å². The zero-order valence-electron chi connectivity index (χ0n) is 13.8. The Labute approximate surface area is 148 Å². The summed E-state index contributed by atoms with van der Waals surface area (Å²) in [5, 5.41) is 0.438. The lowest BCUT2D eigenvalue weighted by Gasteiger charge is -2.01. The lowest BCUT2D eigenvalue weighted by molar-refractivity contribution is -0.129. The molecular formula is C20H13NO5. The molecule has 0 aliphatic carbocycles. The molecule has 0 N–H and O–H groups in total. The summed E-state index contributed by atoms with van der Waals surface area (Å²) in [4.78, 5) is 28.8. The van der Waals surface area contributed by atoms with Gasteiger partial charge in [-0.15, -0.1) is 0 Å². The quantitative estimate of drug-likeness (QED) is 0.537. The van der Waals surface area contributed by atoms with Crippen molar-refractivity contribution in [1.29, 1.82) is 0 Å².